The summed E-state index contributed by atoms with van der Waals surface area (Å²) in [6.07, 6.45) is 3.68. The van der Waals surface area contributed by atoms with E-state index in [1.165, 1.54) is 12.8 Å². The molecule has 2 heterocycles. The van der Waals surface area contributed by atoms with E-state index < -0.39 is 0 Å². The average Bonchev–Trinajstić information content (AvgIpc) is 2.74. The molecule has 0 radical (unpaired) electrons. The van der Waals surface area contributed by atoms with Gasteiger partial charge in [0.1, 0.15) is 11.3 Å². The van der Waals surface area contributed by atoms with Crippen LogP contribution in [0.4, 0.5) is 0 Å². The van der Waals surface area contributed by atoms with Gasteiger partial charge < -0.3 is 10.3 Å². The lowest BCUT2D eigenvalue weighted by Crippen LogP contribution is -2.27. The number of benzene rings is 1. The molecule has 0 amide bonds. The Morgan fingerprint density at radius 3 is 3.00 bits per heavy atom. The van der Waals surface area contributed by atoms with Crippen LogP contribution in [0.1, 0.15) is 36.7 Å². The molecule has 1 atom stereocenters. The van der Waals surface area contributed by atoms with Gasteiger partial charge in [0.05, 0.1) is 16.6 Å². The summed E-state index contributed by atoms with van der Waals surface area (Å²) >= 11 is 6.21. The highest BCUT2D eigenvalue weighted by Gasteiger charge is 2.18. The third-order valence-electron chi connectivity index (χ3n) is 3.34. The molecular weight excluding hydrogens is 234 g/mol. The molecule has 0 aliphatic carbocycles. The summed E-state index contributed by atoms with van der Waals surface area (Å²) in [5.74, 6) is 1.02. The van der Waals surface area contributed by atoms with Crippen LogP contribution in [0.15, 0.2) is 12.1 Å². The van der Waals surface area contributed by atoms with Crippen LogP contribution >= 0.6 is 11.6 Å². The number of imidazole rings is 1. The Bertz CT molecular complexity index is 541. The molecule has 1 aliphatic heterocycles. The molecule has 4 heteroatoms. The predicted molar refractivity (Wildman–Crippen MR) is 70.4 cm³/mol. The van der Waals surface area contributed by atoms with Gasteiger partial charge in [0.2, 0.25) is 0 Å². The fraction of sp³-hybridized carbons (Fsp3) is 0.462. The van der Waals surface area contributed by atoms with Crippen LogP contribution in [-0.4, -0.2) is 16.5 Å². The van der Waals surface area contributed by atoms with E-state index in [0.29, 0.717) is 6.04 Å². The Kier molecular flexibility index (Phi) is 2.81. The molecular formula is C13H16ClN3. The van der Waals surface area contributed by atoms with Crippen molar-refractivity contribution in [3.8, 4) is 0 Å². The molecule has 1 aliphatic rings. The minimum absolute atomic E-state index is 0.354. The van der Waals surface area contributed by atoms with Gasteiger partial charge >= 0.3 is 0 Å². The molecule has 1 fully saturated rings. The van der Waals surface area contributed by atoms with Crippen molar-refractivity contribution in [2.24, 2.45) is 0 Å². The number of fused-ring (bicyclic) bond motifs is 1. The first-order valence-corrected chi connectivity index (χ1v) is 6.51. The Morgan fingerprint density at radius 1 is 1.35 bits per heavy atom. The molecule has 0 bridgehead atoms. The SMILES string of the molecule is Cc1cc(Cl)c2nc(C3CCCCN3)[nH]c2c1. The van der Waals surface area contributed by atoms with Crippen molar-refractivity contribution in [2.45, 2.75) is 32.2 Å². The van der Waals surface area contributed by atoms with Crippen molar-refractivity contribution in [1.82, 2.24) is 15.3 Å². The molecule has 3 nitrogen and oxygen atoms in total. The first-order valence-electron chi connectivity index (χ1n) is 6.13. The second-order valence-corrected chi connectivity index (χ2v) is 5.17. The summed E-state index contributed by atoms with van der Waals surface area (Å²) in [6.45, 7) is 3.12. The maximum Gasteiger partial charge on any atom is 0.124 e. The fourth-order valence-corrected chi connectivity index (χ4v) is 2.80. The zero-order valence-electron chi connectivity index (χ0n) is 9.89. The number of aromatic amines is 1. The second-order valence-electron chi connectivity index (χ2n) is 4.77. The Hall–Kier alpha value is -1.06. The molecule has 1 saturated heterocycles. The highest BCUT2D eigenvalue weighted by Crippen LogP contribution is 2.27. The number of nitrogens with one attached hydrogen (secondary N) is 2. The monoisotopic (exact) mass is 249 g/mol. The van der Waals surface area contributed by atoms with Crippen molar-refractivity contribution in [3.05, 3.63) is 28.5 Å². The summed E-state index contributed by atoms with van der Waals surface area (Å²) in [4.78, 5) is 8.02. The van der Waals surface area contributed by atoms with Crippen LogP contribution in [0.3, 0.4) is 0 Å². The molecule has 90 valence electrons. The summed E-state index contributed by atoms with van der Waals surface area (Å²) in [5, 5.41) is 4.23. The van der Waals surface area contributed by atoms with Crippen LogP contribution in [0.2, 0.25) is 5.02 Å². The highest BCUT2D eigenvalue weighted by molar-refractivity contribution is 6.35. The number of halogens is 1. The van der Waals surface area contributed by atoms with Gasteiger partial charge in [-0.1, -0.05) is 18.0 Å². The third-order valence-corrected chi connectivity index (χ3v) is 3.63. The molecule has 3 rings (SSSR count). The zero-order chi connectivity index (χ0) is 11.8. The normalized spacial score (nSPS) is 20.9. The van der Waals surface area contributed by atoms with Gasteiger partial charge in [-0.25, -0.2) is 4.98 Å². The maximum absolute atomic E-state index is 6.21. The maximum atomic E-state index is 6.21. The Labute approximate surface area is 106 Å². The lowest BCUT2D eigenvalue weighted by Gasteiger charge is -2.21. The van der Waals surface area contributed by atoms with Crippen molar-refractivity contribution in [1.29, 1.82) is 0 Å². The molecule has 0 spiro atoms. The number of aromatic nitrogens is 2. The molecule has 1 aromatic carbocycles. The standard InChI is InChI=1S/C13H16ClN3/c1-8-6-9(14)12-11(7-8)16-13(17-12)10-4-2-3-5-15-10/h6-7,10,15H,2-5H2,1H3,(H,16,17). The highest BCUT2D eigenvalue weighted by atomic mass is 35.5. The van der Waals surface area contributed by atoms with Gasteiger partial charge in [-0.15, -0.1) is 0 Å². The van der Waals surface area contributed by atoms with E-state index in [4.69, 9.17) is 11.6 Å². The van der Waals surface area contributed by atoms with Crippen LogP contribution in [0, 0.1) is 6.92 Å². The average molecular weight is 250 g/mol. The Morgan fingerprint density at radius 2 is 2.24 bits per heavy atom. The van der Waals surface area contributed by atoms with E-state index in [2.05, 4.69) is 21.4 Å². The van der Waals surface area contributed by atoms with E-state index in [-0.39, 0.29) is 0 Å². The van der Waals surface area contributed by atoms with E-state index in [0.717, 1.165) is 40.4 Å². The molecule has 0 saturated carbocycles. The van der Waals surface area contributed by atoms with E-state index in [1.54, 1.807) is 0 Å². The van der Waals surface area contributed by atoms with E-state index in [9.17, 15) is 0 Å². The number of rotatable bonds is 1. The minimum Gasteiger partial charge on any atom is -0.341 e. The largest absolute Gasteiger partial charge is 0.341 e. The van der Waals surface area contributed by atoms with Gasteiger partial charge in [0.25, 0.3) is 0 Å². The minimum atomic E-state index is 0.354. The van der Waals surface area contributed by atoms with Crippen LogP contribution in [0.25, 0.3) is 11.0 Å². The predicted octanol–water partition coefficient (Wildman–Crippen LogP) is 3.34. The van der Waals surface area contributed by atoms with Crippen molar-refractivity contribution >= 4 is 22.6 Å². The van der Waals surface area contributed by atoms with Crippen LogP contribution in [-0.2, 0) is 0 Å². The third kappa shape index (κ3) is 2.05. The molecule has 1 aromatic heterocycles. The Balaban J connectivity index is 2.03. The summed E-state index contributed by atoms with van der Waals surface area (Å²) in [5.41, 5.74) is 3.09. The molecule has 2 aromatic rings. The number of hydrogen-bond acceptors (Lipinski definition) is 2. The quantitative estimate of drug-likeness (QED) is 0.814. The number of aryl methyl sites for hydroxylation is 1. The first-order chi connectivity index (χ1) is 8.24. The first kappa shape index (κ1) is 11.1. The number of H-pyrrole nitrogens is 1. The van der Waals surface area contributed by atoms with Crippen molar-refractivity contribution in [2.75, 3.05) is 6.54 Å². The molecule has 2 N–H and O–H groups in total. The number of piperidine rings is 1. The summed E-state index contributed by atoms with van der Waals surface area (Å²) in [7, 11) is 0. The van der Waals surface area contributed by atoms with E-state index in [1.807, 2.05) is 13.0 Å². The number of nitrogens with zero attached hydrogens (tertiary/aromatic N) is 1. The zero-order valence-corrected chi connectivity index (χ0v) is 10.6. The van der Waals surface area contributed by atoms with Crippen molar-refractivity contribution in [3.63, 3.8) is 0 Å². The van der Waals surface area contributed by atoms with Gasteiger partial charge in [-0.2, -0.15) is 0 Å². The van der Waals surface area contributed by atoms with Gasteiger partial charge in [0, 0.05) is 0 Å². The van der Waals surface area contributed by atoms with Gasteiger partial charge in [0.15, 0.2) is 0 Å². The van der Waals surface area contributed by atoms with Gasteiger partial charge in [-0.3, -0.25) is 0 Å². The summed E-state index contributed by atoms with van der Waals surface area (Å²) < 4.78 is 0. The van der Waals surface area contributed by atoms with Crippen LogP contribution < -0.4 is 5.32 Å². The molecule has 17 heavy (non-hydrogen) atoms. The summed E-state index contributed by atoms with van der Waals surface area (Å²) in [6, 6.07) is 4.41. The van der Waals surface area contributed by atoms with Gasteiger partial charge in [-0.05, 0) is 44.0 Å². The van der Waals surface area contributed by atoms with E-state index >= 15 is 0 Å². The molecule has 1 unspecified atom stereocenters. The topological polar surface area (TPSA) is 40.7 Å². The fourth-order valence-electron chi connectivity index (χ4n) is 2.48. The smallest absolute Gasteiger partial charge is 0.124 e. The lowest BCUT2D eigenvalue weighted by atomic mass is 10.0. The van der Waals surface area contributed by atoms with Crippen LogP contribution in [0.5, 0.6) is 0 Å². The number of hydrogen-bond donors (Lipinski definition) is 2. The lowest BCUT2D eigenvalue weighted by molar-refractivity contribution is 0.400. The second kappa shape index (κ2) is 4.31. The van der Waals surface area contributed by atoms with Crippen molar-refractivity contribution < 1.29 is 0 Å².